The zero-order valence-electron chi connectivity index (χ0n) is 10.4. The van der Waals surface area contributed by atoms with Crippen molar-refractivity contribution in [3.8, 4) is 5.75 Å². The van der Waals surface area contributed by atoms with E-state index in [2.05, 4.69) is 11.4 Å². The predicted octanol–water partition coefficient (Wildman–Crippen LogP) is 1.77. The number of methoxy groups -OCH3 is 1. The molecular formula is C14H21NO2. The number of aliphatic hydroxyl groups is 1. The summed E-state index contributed by atoms with van der Waals surface area (Å²) in [6.45, 7) is 2.27. The molecule has 0 aliphatic carbocycles. The normalized spacial score (nSPS) is 22.1. The molecule has 0 saturated carbocycles. The molecule has 1 fully saturated rings. The van der Waals surface area contributed by atoms with Crippen LogP contribution in [0.15, 0.2) is 24.3 Å². The molecule has 1 aromatic carbocycles. The standard InChI is InChI=1S/C14H21NO2/c1-17-14-7-3-2-6-12(14)13(10-16)11-5-4-8-15-9-11/h2-3,6-7,11,13,15-16H,4-5,8-10H2,1H3. The van der Waals surface area contributed by atoms with Crippen molar-refractivity contribution in [1.82, 2.24) is 5.32 Å². The first-order valence-electron chi connectivity index (χ1n) is 6.31. The van der Waals surface area contributed by atoms with Gasteiger partial charge >= 0.3 is 0 Å². The molecule has 3 nitrogen and oxygen atoms in total. The Labute approximate surface area is 103 Å². The Balaban J connectivity index is 2.21. The number of hydrogen-bond acceptors (Lipinski definition) is 3. The van der Waals surface area contributed by atoms with Crippen LogP contribution in [0.4, 0.5) is 0 Å². The second-order valence-corrected chi connectivity index (χ2v) is 4.64. The molecular weight excluding hydrogens is 214 g/mol. The van der Waals surface area contributed by atoms with Crippen molar-refractivity contribution in [3.63, 3.8) is 0 Å². The van der Waals surface area contributed by atoms with E-state index in [1.54, 1.807) is 7.11 Å². The molecule has 17 heavy (non-hydrogen) atoms. The summed E-state index contributed by atoms with van der Waals surface area (Å²) in [6.07, 6.45) is 2.37. The second kappa shape index (κ2) is 6.03. The first kappa shape index (κ1) is 12.4. The van der Waals surface area contributed by atoms with Gasteiger partial charge in [0, 0.05) is 5.92 Å². The average Bonchev–Trinajstić information content (AvgIpc) is 2.41. The van der Waals surface area contributed by atoms with Gasteiger partial charge in [-0.3, -0.25) is 0 Å². The van der Waals surface area contributed by atoms with Crippen molar-refractivity contribution in [2.24, 2.45) is 5.92 Å². The lowest BCUT2D eigenvalue weighted by molar-refractivity contribution is 0.201. The van der Waals surface area contributed by atoms with E-state index in [9.17, 15) is 5.11 Å². The zero-order valence-corrected chi connectivity index (χ0v) is 10.4. The Morgan fingerprint density at radius 1 is 1.47 bits per heavy atom. The fourth-order valence-corrected chi connectivity index (χ4v) is 2.70. The van der Waals surface area contributed by atoms with Crippen molar-refractivity contribution in [1.29, 1.82) is 0 Å². The van der Waals surface area contributed by atoms with Gasteiger partial charge in [-0.05, 0) is 43.5 Å². The van der Waals surface area contributed by atoms with Gasteiger partial charge in [0.25, 0.3) is 0 Å². The van der Waals surface area contributed by atoms with Crippen LogP contribution in [0.3, 0.4) is 0 Å². The van der Waals surface area contributed by atoms with Gasteiger partial charge in [0.1, 0.15) is 5.75 Å². The Bertz CT molecular complexity index is 348. The van der Waals surface area contributed by atoms with Gasteiger partial charge in [-0.1, -0.05) is 18.2 Å². The number of para-hydroxylation sites is 1. The molecule has 0 spiro atoms. The fraction of sp³-hybridized carbons (Fsp3) is 0.571. The van der Waals surface area contributed by atoms with Crippen LogP contribution >= 0.6 is 0 Å². The quantitative estimate of drug-likeness (QED) is 0.835. The van der Waals surface area contributed by atoms with E-state index in [0.717, 1.165) is 24.4 Å². The van der Waals surface area contributed by atoms with Crippen LogP contribution in [0.5, 0.6) is 5.75 Å². The lowest BCUT2D eigenvalue weighted by Gasteiger charge is -2.30. The summed E-state index contributed by atoms with van der Waals surface area (Å²) in [5.74, 6) is 1.57. The highest BCUT2D eigenvalue weighted by Crippen LogP contribution is 2.34. The van der Waals surface area contributed by atoms with Gasteiger partial charge in [0.2, 0.25) is 0 Å². The summed E-state index contributed by atoms with van der Waals surface area (Å²) in [4.78, 5) is 0. The number of rotatable bonds is 4. The molecule has 1 aliphatic rings. The molecule has 0 bridgehead atoms. The maximum absolute atomic E-state index is 9.67. The van der Waals surface area contributed by atoms with Crippen LogP contribution in [0.25, 0.3) is 0 Å². The zero-order chi connectivity index (χ0) is 12.1. The van der Waals surface area contributed by atoms with Crippen LogP contribution in [-0.4, -0.2) is 31.9 Å². The third kappa shape index (κ3) is 2.79. The fourth-order valence-electron chi connectivity index (χ4n) is 2.70. The van der Waals surface area contributed by atoms with Crippen molar-refractivity contribution >= 4 is 0 Å². The molecule has 0 radical (unpaired) electrons. The molecule has 2 N–H and O–H groups in total. The molecule has 1 saturated heterocycles. The van der Waals surface area contributed by atoms with E-state index in [4.69, 9.17) is 4.74 Å². The highest BCUT2D eigenvalue weighted by molar-refractivity contribution is 5.36. The van der Waals surface area contributed by atoms with Gasteiger partial charge in [-0.2, -0.15) is 0 Å². The Morgan fingerprint density at radius 3 is 2.94 bits per heavy atom. The van der Waals surface area contributed by atoms with Crippen LogP contribution in [-0.2, 0) is 0 Å². The largest absolute Gasteiger partial charge is 0.496 e. The number of nitrogens with one attached hydrogen (secondary N) is 1. The van der Waals surface area contributed by atoms with Crippen LogP contribution < -0.4 is 10.1 Å². The van der Waals surface area contributed by atoms with E-state index < -0.39 is 0 Å². The summed E-state index contributed by atoms with van der Waals surface area (Å²) in [7, 11) is 1.69. The van der Waals surface area contributed by atoms with Crippen LogP contribution in [0.2, 0.25) is 0 Å². The average molecular weight is 235 g/mol. The summed E-state index contributed by atoms with van der Waals surface area (Å²) in [6, 6.07) is 8.01. The van der Waals surface area contributed by atoms with Crippen molar-refractivity contribution in [2.75, 3.05) is 26.8 Å². The third-order valence-corrected chi connectivity index (χ3v) is 3.64. The molecule has 2 atom stereocenters. The topological polar surface area (TPSA) is 41.5 Å². The number of aliphatic hydroxyl groups excluding tert-OH is 1. The third-order valence-electron chi connectivity index (χ3n) is 3.64. The van der Waals surface area contributed by atoms with E-state index in [-0.39, 0.29) is 12.5 Å². The highest BCUT2D eigenvalue weighted by Gasteiger charge is 2.26. The summed E-state index contributed by atoms with van der Waals surface area (Å²) in [5.41, 5.74) is 1.13. The molecule has 94 valence electrons. The molecule has 1 heterocycles. The van der Waals surface area contributed by atoms with Gasteiger partial charge in [-0.15, -0.1) is 0 Å². The van der Waals surface area contributed by atoms with E-state index in [0.29, 0.717) is 5.92 Å². The number of ether oxygens (including phenoxy) is 1. The van der Waals surface area contributed by atoms with Crippen molar-refractivity contribution < 1.29 is 9.84 Å². The maximum atomic E-state index is 9.67. The smallest absolute Gasteiger partial charge is 0.122 e. The molecule has 1 aromatic rings. The Kier molecular flexibility index (Phi) is 4.40. The highest BCUT2D eigenvalue weighted by atomic mass is 16.5. The number of piperidine rings is 1. The molecule has 0 amide bonds. The lowest BCUT2D eigenvalue weighted by atomic mass is 9.81. The molecule has 1 aliphatic heterocycles. The molecule has 0 aromatic heterocycles. The molecule has 3 heteroatoms. The monoisotopic (exact) mass is 235 g/mol. The van der Waals surface area contributed by atoms with E-state index in [1.807, 2.05) is 18.2 Å². The SMILES string of the molecule is COc1ccccc1C(CO)C1CCCNC1. The van der Waals surface area contributed by atoms with Gasteiger partial charge in [0.15, 0.2) is 0 Å². The summed E-state index contributed by atoms with van der Waals surface area (Å²) < 4.78 is 5.39. The number of hydrogen-bond donors (Lipinski definition) is 2. The predicted molar refractivity (Wildman–Crippen MR) is 68.4 cm³/mol. The summed E-state index contributed by atoms with van der Waals surface area (Å²) >= 11 is 0. The van der Waals surface area contributed by atoms with Gasteiger partial charge < -0.3 is 15.2 Å². The van der Waals surface area contributed by atoms with Crippen LogP contribution in [0, 0.1) is 5.92 Å². The minimum Gasteiger partial charge on any atom is -0.496 e. The minimum absolute atomic E-state index is 0.180. The molecule has 2 unspecified atom stereocenters. The lowest BCUT2D eigenvalue weighted by Crippen LogP contribution is -2.34. The van der Waals surface area contributed by atoms with Crippen molar-refractivity contribution in [2.45, 2.75) is 18.8 Å². The number of benzene rings is 1. The molecule has 2 rings (SSSR count). The Hall–Kier alpha value is -1.06. The first-order chi connectivity index (χ1) is 8.36. The minimum atomic E-state index is 0.180. The van der Waals surface area contributed by atoms with E-state index >= 15 is 0 Å². The second-order valence-electron chi connectivity index (χ2n) is 4.64. The van der Waals surface area contributed by atoms with Crippen LogP contribution in [0.1, 0.15) is 24.3 Å². The Morgan fingerprint density at radius 2 is 2.29 bits per heavy atom. The summed E-state index contributed by atoms with van der Waals surface area (Å²) in [5, 5.41) is 13.1. The first-order valence-corrected chi connectivity index (χ1v) is 6.31. The van der Waals surface area contributed by atoms with Gasteiger partial charge in [0.05, 0.1) is 13.7 Å². The van der Waals surface area contributed by atoms with Crippen molar-refractivity contribution in [3.05, 3.63) is 29.8 Å². The van der Waals surface area contributed by atoms with Gasteiger partial charge in [-0.25, -0.2) is 0 Å². The van der Waals surface area contributed by atoms with E-state index in [1.165, 1.54) is 12.8 Å². The maximum Gasteiger partial charge on any atom is 0.122 e.